The van der Waals surface area contributed by atoms with Crippen molar-refractivity contribution in [1.29, 1.82) is 0 Å². The molecule has 1 unspecified atom stereocenters. The van der Waals surface area contributed by atoms with E-state index in [9.17, 15) is 13.2 Å². The average Bonchev–Trinajstić information content (AvgIpc) is 2.74. The quantitative estimate of drug-likeness (QED) is 0.712. The lowest BCUT2D eigenvalue weighted by Gasteiger charge is -2.27. The Morgan fingerprint density at radius 1 is 1.14 bits per heavy atom. The number of ether oxygens (including phenoxy) is 1. The second-order valence-electron chi connectivity index (χ2n) is 6.81. The first kappa shape index (κ1) is 19.1. The van der Waals surface area contributed by atoms with Crippen LogP contribution in [0.25, 0.3) is 11.1 Å². The van der Waals surface area contributed by atoms with E-state index in [1.165, 1.54) is 24.8 Å². The van der Waals surface area contributed by atoms with Crippen LogP contribution in [0.1, 0.15) is 28.5 Å². The van der Waals surface area contributed by atoms with Gasteiger partial charge in [-0.05, 0) is 35.4 Å². The summed E-state index contributed by atoms with van der Waals surface area (Å²) in [4.78, 5) is 20.7. The van der Waals surface area contributed by atoms with E-state index in [-0.39, 0.29) is 22.5 Å². The highest BCUT2D eigenvalue weighted by Gasteiger charge is 2.24. The first-order valence-corrected chi connectivity index (χ1v) is 10.9. The van der Waals surface area contributed by atoms with Crippen molar-refractivity contribution in [2.75, 3.05) is 12.9 Å². The number of hydrogen-bond acceptors (Lipinski definition) is 6. The standard InChI is InChI=1S/C21H19N3O4S/c1-29(26,27)16-4-2-3-14(11-16)15-5-6-20-17(12-15)18(7-10-28-20)24-21(25)19-13-22-8-9-23-19/h2-6,8-9,11-13,18H,7,10H2,1H3,(H,24,25). The first-order valence-electron chi connectivity index (χ1n) is 9.06. The lowest BCUT2D eigenvalue weighted by molar-refractivity contribution is 0.0919. The maximum atomic E-state index is 12.5. The van der Waals surface area contributed by atoms with E-state index >= 15 is 0 Å². The zero-order valence-electron chi connectivity index (χ0n) is 15.7. The molecule has 0 saturated heterocycles. The van der Waals surface area contributed by atoms with E-state index < -0.39 is 9.84 Å². The van der Waals surface area contributed by atoms with Crippen LogP contribution in [0.15, 0.2) is 66.0 Å². The van der Waals surface area contributed by atoms with Crippen molar-refractivity contribution in [2.45, 2.75) is 17.4 Å². The molecule has 0 radical (unpaired) electrons. The molecule has 4 rings (SSSR count). The van der Waals surface area contributed by atoms with Gasteiger partial charge < -0.3 is 10.1 Å². The van der Waals surface area contributed by atoms with E-state index in [0.29, 0.717) is 18.8 Å². The summed E-state index contributed by atoms with van der Waals surface area (Å²) in [6.45, 7) is 0.487. The van der Waals surface area contributed by atoms with Gasteiger partial charge in [-0.25, -0.2) is 13.4 Å². The van der Waals surface area contributed by atoms with Crippen LogP contribution in [0.3, 0.4) is 0 Å². The number of amides is 1. The number of hydrogen-bond donors (Lipinski definition) is 1. The highest BCUT2D eigenvalue weighted by atomic mass is 32.2. The molecule has 0 bridgehead atoms. The molecule has 1 aliphatic rings. The number of benzene rings is 2. The molecule has 148 valence electrons. The third kappa shape index (κ3) is 4.12. The molecule has 2 aromatic carbocycles. The number of carbonyl (C=O) groups excluding carboxylic acids is 1. The summed E-state index contributed by atoms with van der Waals surface area (Å²) in [5, 5.41) is 2.99. The Hall–Kier alpha value is -3.26. The van der Waals surface area contributed by atoms with Crippen LogP contribution in [-0.4, -0.2) is 37.2 Å². The van der Waals surface area contributed by atoms with E-state index in [4.69, 9.17) is 4.74 Å². The summed E-state index contributed by atoms with van der Waals surface area (Å²) in [5.41, 5.74) is 2.71. The molecule has 29 heavy (non-hydrogen) atoms. The normalized spacial score (nSPS) is 15.8. The molecule has 0 saturated carbocycles. The molecule has 8 heteroatoms. The zero-order chi connectivity index (χ0) is 20.4. The SMILES string of the molecule is CS(=O)(=O)c1cccc(-c2ccc3c(c2)C(NC(=O)c2cnccn2)CCO3)c1. The predicted octanol–water partition coefficient (Wildman–Crippen LogP) is 2.80. The van der Waals surface area contributed by atoms with Crippen molar-refractivity contribution in [3.63, 3.8) is 0 Å². The second kappa shape index (κ2) is 7.63. The van der Waals surface area contributed by atoms with Crippen LogP contribution in [0, 0.1) is 0 Å². The fourth-order valence-electron chi connectivity index (χ4n) is 3.28. The molecular weight excluding hydrogens is 390 g/mol. The molecule has 3 aromatic rings. The number of fused-ring (bicyclic) bond motifs is 1. The minimum Gasteiger partial charge on any atom is -0.493 e. The summed E-state index contributed by atoms with van der Waals surface area (Å²) in [6.07, 6.45) is 6.20. The molecule has 1 aromatic heterocycles. The van der Waals surface area contributed by atoms with Gasteiger partial charge in [0.2, 0.25) is 0 Å². The molecule has 1 N–H and O–H groups in total. The Bertz CT molecular complexity index is 1160. The Kier molecular flexibility index (Phi) is 5.02. The lowest BCUT2D eigenvalue weighted by atomic mass is 9.95. The van der Waals surface area contributed by atoms with Gasteiger partial charge in [0.25, 0.3) is 5.91 Å². The molecule has 0 spiro atoms. The second-order valence-corrected chi connectivity index (χ2v) is 8.82. The van der Waals surface area contributed by atoms with Gasteiger partial charge >= 0.3 is 0 Å². The van der Waals surface area contributed by atoms with Crippen LogP contribution < -0.4 is 10.1 Å². The molecule has 7 nitrogen and oxygen atoms in total. The number of rotatable bonds is 4. The van der Waals surface area contributed by atoms with Crippen LogP contribution in [0.5, 0.6) is 5.75 Å². The Balaban J connectivity index is 1.67. The van der Waals surface area contributed by atoms with Crippen LogP contribution in [0.2, 0.25) is 0 Å². The molecule has 1 atom stereocenters. The Morgan fingerprint density at radius 3 is 2.72 bits per heavy atom. The maximum Gasteiger partial charge on any atom is 0.271 e. The van der Waals surface area contributed by atoms with Crippen molar-refractivity contribution in [3.05, 3.63) is 72.3 Å². The zero-order valence-corrected chi connectivity index (χ0v) is 16.5. The van der Waals surface area contributed by atoms with Gasteiger partial charge in [0.15, 0.2) is 9.84 Å². The van der Waals surface area contributed by atoms with Gasteiger partial charge in [0.1, 0.15) is 11.4 Å². The summed E-state index contributed by atoms with van der Waals surface area (Å²) in [7, 11) is -3.30. The van der Waals surface area contributed by atoms with E-state index in [2.05, 4.69) is 15.3 Å². The third-order valence-corrected chi connectivity index (χ3v) is 5.86. The molecule has 1 amide bonds. The topological polar surface area (TPSA) is 98.2 Å². The third-order valence-electron chi connectivity index (χ3n) is 4.75. The van der Waals surface area contributed by atoms with E-state index in [0.717, 1.165) is 16.7 Å². The summed E-state index contributed by atoms with van der Waals surface area (Å²) < 4.78 is 29.5. The minimum absolute atomic E-state index is 0.244. The molecule has 1 aliphatic heterocycles. The largest absolute Gasteiger partial charge is 0.493 e. The first-order chi connectivity index (χ1) is 13.9. The number of nitrogens with zero attached hydrogens (tertiary/aromatic N) is 2. The predicted molar refractivity (Wildman–Crippen MR) is 107 cm³/mol. The highest BCUT2D eigenvalue weighted by molar-refractivity contribution is 7.90. The van der Waals surface area contributed by atoms with Crippen molar-refractivity contribution in [2.24, 2.45) is 0 Å². The number of carbonyl (C=O) groups is 1. The fourth-order valence-corrected chi connectivity index (χ4v) is 3.95. The fraction of sp³-hybridized carbons (Fsp3) is 0.190. The van der Waals surface area contributed by atoms with Crippen molar-refractivity contribution < 1.29 is 17.9 Å². The number of sulfone groups is 1. The number of nitrogens with one attached hydrogen (secondary N) is 1. The van der Waals surface area contributed by atoms with Gasteiger partial charge in [-0.15, -0.1) is 0 Å². The van der Waals surface area contributed by atoms with Crippen LogP contribution in [0.4, 0.5) is 0 Å². The summed E-state index contributed by atoms with van der Waals surface area (Å²) >= 11 is 0. The highest BCUT2D eigenvalue weighted by Crippen LogP contribution is 2.36. The maximum absolute atomic E-state index is 12.5. The smallest absolute Gasteiger partial charge is 0.271 e. The van der Waals surface area contributed by atoms with Gasteiger partial charge in [-0.3, -0.25) is 9.78 Å². The van der Waals surface area contributed by atoms with E-state index in [1.807, 2.05) is 24.3 Å². The average molecular weight is 409 g/mol. The van der Waals surface area contributed by atoms with Gasteiger partial charge in [-0.2, -0.15) is 0 Å². The Morgan fingerprint density at radius 2 is 1.97 bits per heavy atom. The summed E-state index contributed by atoms with van der Waals surface area (Å²) in [6, 6.07) is 12.2. The van der Waals surface area contributed by atoms with Gasteiger partial charge in [0.05, 0.1) is 23.7 Å². The van der Waals surface area contributed by atoms with Gasteiger partial charge in [-0.1, -0.05) is 18.2 Å². The van der Waals surface area contributed by atoms with Crippen molar-refractivity contribution in [3.8, 4) is 16.9 Å². The van der Waals surface area contributed by atoms with Crippen LogP contribution >= 0.6 is 0 Å². The van der Waals surface area contributed by atoms with Crippen molar-refractivity contribution in [1.82, 2.24) is 15.3 Å². The van der Waals surface area contributed by atoms with Crippen LogP contribution in [-0.2, 0) is 9.84 Å². The van der Waals surface area contributed by atoms with Crippen molar-refractivity contribution >= 4 is 15.7 Å². The molecule has 0 aliphatic carbocycles. The minimum atomic E-state index is -3.30. The number of aromatic nitrogens is 2. The monoisotopic (exact) mass is 409 g/mol. The lowest BCUT2D eigenvalue weighted by Crippen LogP contribution is -2.32. The summed E-state index contributed by atoms with van der Waals surface area (Å²) in [5.74, 6) is 0.393. The molecule has 2 heterocycles. The molecular formula is C21H19N3O4S. The van der Waals surface area contributed by atoms with E-state index in [1.54, 1.807) is 18.2 Å². The molecule has 0 fully saturated rings. The Labute approximate surface area is 168 Å². The van der Waals surface area contributed by atoms with Gasteiger partial charge in [0, 0.05) is 30.6 Å².